The van der Waals surface area contributed by atoms with Gasteiger partial charge in [0.15, 0.2) is 0 Å². The molecule has 0 amide bonds. The van der Waals surface area contributed by atoms with Crippen LogP contribution < -0.4 is 0 Å². The van der Waals surface area contributed by atoms with Gasteiger partial charge in [0.25, 0.3) is 0 Å². The van der Waals surface area contributed by atoms with Gasteiger partial charge in [-0.1, -0.05) is 27.2 Å². The van der Waals surface area contributed by atoms with E-state index in [1.165, 1.54) is 12.8 Å². The Kier molecular flexibility index (Phi) is 3.14. The van der Waals surface area contributed by atoms with Gasteiger partial charge in [-0.05, 0) is 30.6 Å². The molecule has 1 fully saturated rings. The number of rotatable bonds is 1. The van der Waals surface area contributed by atoms with Gasteiger partial charge in [-0.2, -0.15) is 5.26 Å². The molecule has 1 rings (SSSR count). The molecule has 0 saturated heterocycles. The molecule has 1 heteroatoms. The number of hydrogen-bond donors (Lipinski definition) is 0. The topological polar surface area (TPSA) is 23.8 Å². The lowest BCUT2D eigenvalue weighted by atomic mass is 9.71. The molecule has 68 valence electrons. The average Bonchev–Trinajstić information content (AvgIpc) is 2.03. The highest BCUT2D eigenvalue weighted by molar-refractivity contribution is 4.93. The summed E-state index contributed by atoms with van der Waals surface area (Å²) < 4.78 is 0. The van der Waals surface area contributed by atoms with Crippen LogP contribution >= 0.6 is 0 Å². The van der Waals surface area contributed by atoms with E-state index in [1.807, 2.05) is 0 Å². The first-order valence-corrected chi connectivity index (χ1v) is 5.04. The van der Waals surface area contributed by atoms with E-state index in [-0.39, 0.29) is 0 Å². The van der Waals surface area contributed by atoms with Crippen molar-refractivity contribution in [3.8, 4) is 6.07 Å². The van der Waals surface area contributed by atoms with Crippen molar-refractivity contribution in [2.75, 3.05) is 0 Å². The minimum atomic E-state index is 0.328. The maximum absolute atomic E-state index is 8.98. The maximum Gasteiger partial charge on any atom is 0.0658 e. The molecule has 0 bridgehead atoms. The number of hydrogen-bond acceptors (Lipinski definition) is 1. The van der Waals surface area contributed by atoms with Gasteiger partial charge < -0.3 is 0 Å². The summed E-state index contributed by atoms with van der Waals surface area (Å²) in [6.45, 7) is 6.75. The third-order valence-corrected chi connectivity index (χ3v) is 3.19. The first-order valence-electron chi connectivity index (χ1n) is 5.04. The van der Waals surface area contributed by atoms with Crippen molar-refractivity contribution in [2.45, 2.75) is 40.0 Å². The zero-order chi connectivity index (χ0) is 9.14. The van der Waals surface area contributed by atoms with E-state index >= 15 is 0 Å². The lowest BCUT2D eigenvalue weighted by Crippen LogP contribution is -2.26. The molecule has 1 aliphatic rings. The molecule has 1 aliphatic carbocycles. The Hall–Kier alpha value is -0.510. The third kappa shape index (κ3) is 2.00. The Morgan fingerprint density at radius 2 is 2.00 bits per heavy atom. The van der Waals surface area contributed by atoms with Crippen LogP contribution in [0.4, 0.5) is 0 Å². The highest BCUT2D eigenvalue weighted by Crippen LogP contribution is 2.37. The van der Waals surface area contributed by atoms with Crippen LogP contribution in [-0.4, -0.2) is 0 Å². The van der Waals surface area contributed by atoms with Crippen molar-refractivity contribution in [1.82, 2.24) is 0 Å². The third-order valence-electron chi connectivity index (χ3n) is 3.19. The molecule has 3 atom stereocenters. The summed E-state index contributed by atoms with van der Waals surface area (Å²) >= 11 is 0. The van der Waals surface area contributed by atoms with Gasteiger partial charge in [0.1, 0.15) is 0 Å². The molecule has 0 unspecified atom stereocenters. The molecule has 0 aromatic rings. The summed E-state index contributed by atoms with van der Waals surface area (Å²) in [5.74, 6) is 2.44. The van der Waals surface area contributed by atoms with E-state index in [9.17, 15) is 0 Å². The quantitative estimate of drug-likeness (QED) is 0.585. The Bertz CT molecular complexity index is 178. The first kappa shape index (κ1) is 9.58. The van der Waals surface area contributed by atoms with Crippen LogP contribution in [-0.2, 0) is 0 Å². The van der Waals surface area contributed by atoms with Gasteiger partial charge in [0.05, 0.1) is 6.07 Å². The number of nitriles is 1. The predicted octanol–water partition coefficient (Wildman–Crippen LogP) is 3.22. The van der Waals surface area contributed by atoms with Gasteiger partial charge in [-0.3, -0.25) is 0 Å². The van der Waals surface area contributed by atoms with Crippen LogP contribution in [0.1, 0.15) is 40.0 Å². The van der Waals surface area contributed by atoms with Crippen molar-refractivity contribution < 1.29 is 0 Å². The van der Waals surface area contributed by atoms with Crippen molar-refractivity contribution in [3.63, 3.8) is 0 Å². The number of nitrogens with zero attached hydrogens (tertiary/aromatic N) is 1. The monoisotopic (exact) mass is 165 g/mol. The van der Waals surface area contributed by atoms with Gasteiger partial charge in [0.2, 0.25) is 0 Å². The molecule has 0 heterocycles. The van der Waals surface area contributed by atoms with Crippen LogP contribution in [0.15, 0.2) is 0 Å². The predicted molar refractivity (Wildman–Crippen MR) is 50.4 cm³/mol. The van der Waals surface area contributed by atoms with Crippen molar-refractivity contribution >= 4 is 0 Å². The summed E-state index contributed by atoms with van der Waals surface area (Å²) in [5.41, 5.74) is 0. The van der Waals surface area contributed by atoms with E-state index in [1.54, 1.807) is 0 Å². The van der Waals surface area contributed by atoms with Crippen molar-refractivity contribution in [1.29, 1.82) is 5.26 Å². The highest BCUT2D eigenvalue weighted by atomic mass is 14.4. The van der Waals surface area contributed by atoms with Crippen LogP contribution in [0.5, 0.6) is 0 Å². The average molecular weight is 165 g/mol. The van der Waals surface area contributed by atoms with Gasteiger partial charge in [0, 0.05) is 5.92 Å². The van der Waals surface area contributed by atoms with Crippen LogP contribution in [0.25, 0.3) is 0 Å². The fraction of sp³-hybridized carbons (Fsp3) is 0.909. The smallest absolute Gasteiger partial charge is 0.0658 e. The SMILES string of the molecule is CC(C)[C@@H]1CC[C@H](C)C[C@H]1C#N. The summed E-state index contributed by atoms with van der Waals surface area (Å²) in [6, 6.07) is 2.47. The van der Waals surface area contributed by atoms with Crippen LogP contribution in [0.2, 0.25) is 0 Å². The maximum atomic E-state index is 8.98. The second-order valence-corrected chi connectivity index (χ2v) is 4.56. The molecule has 0 N–H and O–H groups in total. The normalized spacial score (nSPS) is 36.4. The molecule has 0 aromatic carbocycles. The Balaban J connectivity index is 2.58. The van der Waals surface area contributed by atoms with Crippen LogP contribution in [0, 0.1) is 35.0 Å². The van der Waals surface area contributed by atoms with E-state index in [0.717, 1.165) is 12.3 Å². The van der Waals surface area contributed by atoms with Gasteiger partial charge in [-0.15, -0.1) is 0 Å². The van der Waals surface area contributed by atoms with Crippen molar-refractivity contribution in [2.24, 2.45) is 23.7 Å². The minimum absolute atomic E-state index is 0.328. The van der Waals surface area contributed by atoms with E-state index < -0.39 is 0 Å². The zero-order valence-electron chi connectivity index (χ0n) is 8.38. The molecule has 0 aromatic heterocycles. The van der Waals surface area contributed by atoms with Gasteiger partial charge >= 0.3 is 0 Å². The summed E-state index contributed by atoms with van der Waals surface area (Å²) in [5, 5.41) is 8.98. The van der Waals surface area contributed by atoms with Gasteiger partial charge in [-0.25, -0.2) is 0 Å². The second-order valence-electron chi connectivity index (χ2n) is 4.56. The Morgan fingerprint density at radius 3 is 2.50 bits per heavy atom. The van der Waals surface area contributed by atoms with E-state index in [2.05, 4.69) is 26.8 Å². The summed E-state index contributed by atoms with van der Waals surface area (Å²) in [6.07, 6.45) is 3.71. The summed E-state index contributed by atoms with van der Waals surface area (Å²) in [4.78, 5) is 0. The second kappa shape index (κ2) is 3.94. The van der Waals surface area contributed by atoms with E-state index in [0.29, 0.717) is 17.8 Å². The Morgan fingerprint density at radius 1 is 1.33 bits per heavy atom. The molecular weight excluding hydrogens is 146 g/mol. The van der Waals surface area contributed by atoms with E-state index in [4.69, 9.17) is 5.26 Å². The molecule has 1 nitrogen and oxygen atoms in total. The highest BCUT2D eigenvalue weighted by Gasteiger charge is 2.30. The van der Waals surface area contributed by atoms with Crippen molar-refractivity contribution in [3.05, 3.63) is 0 Å². The minimum Gasteiger partial charge on any atom is -0.198 e. The zero-order valence-corrected chi connectivity index (χ0v) is 8.38. The molecule has 0 spiro atoms. The van der Waals surface area contributed by atoms with Crippen LogP contribution in [0.3, 0.4) is 0 Å². The molecule has 1 saturated carbocycles. The fourth-order valence-electron chi connectivity index (χ4n) is 2.35. The largest absolute Gasteiger partial charge is 0.198 e. The fourth-order valence-corrected chi connectivity index (χ4v) is 2.35. The lowest BCUT2D eigenvalue weighted by molar-refractivity contribution is 0.183. The molecule has 0 radical (unpaired) electrons. The Labute approximate surface area is 75.8 Å². The molecule has 12 heavy (non-hydrogen) atoms. The standard InChI is InChI=1S/C11H19N/c1-8(2)11-5-4-9(3)6-10(11)7-12/h8-11H,4-6H2,1-3H3/t9-,10-,11-/m0/s1. The molecular formula is C11H19N. The molecule has 0 aliphatic heterocycles. The summed E-state index contributed by atoms with van der Waals surface area (Å²) in [7, 11) is 0. The first-order chi connectivity index (χ1) is 5.65. The lowest BCUT2D eigenvalue weighted by Gasteiger charge is -2.33.